The van der Waals surface area contributed by atoms with E-state index in [-0.39, 0.29) is 0 Å². The van der Waals surface area contributed by atoms with E-state index in [1.165, 1.54) is 16.7 Å². The molecule has 0 aliphatic rings. The molecule has 0 aliphatic carbocycles. The Balaban J connectivity index is 2.06. The molecule has 3 heteroatoms. The van der Waals surface area contributed by atoms with Gasteiger partial charge < -0.3 is 5.11 Å². The molecule has 0 aromatic heterocycles. The molecule has 0 radical (unpaired) electrons. The first-order chi connectivity index (χ1) is 9.06. The van der Waals surface area contributed by atoms with Crippen molar-refractivity contribution in [3.05, 3.63) is 64.7 Å². The van der Waals surface area contributed by atoms with Crippen molar-refractivity contribution in [3.8, 4) is 0 Å². The van der Waals surface area contributed by atoms with Gasteiger partial charge in [0.25, 0.3) is 0 Å². The molecule has 0 bridgehead atoms. The lowest BCUT2D eigenvalue weighted by atomic mass is 10.1. The summed E-state index contributed by atoms with van der Waals surface area (Å²) < 4.78 is 0. The van der Waals surface area contributed by atoms with E-state index in [2.05, 4.69) is 32.0 Å². The zero-order valence-corrected chi connectivity index (χ0v) is 11.8. The highest BCUT2D eigenvalue weighted by Crippen LogP contribution is 2.25. The predicted molar refractivity (Wildman–Crippen MR) is 78.9 cm³/mol. The summed E-state index contributed by atoms with van der Waals surface area (Å²) in [5.41, 5.74) is 4.21. The minimum Gasteiger partial charge on any atom is -0.478 e. The van der Waals surface area contributed by atoms with Crippen molar-refractivity contribution in [3.63, 3.8) is 0 Å². The van der Waals surface area contributed by atoms with Gasteiger partial charge in [-0.3, -0.25) is 0 Å². The van der Waals surface area contributed by atoms with Crippen LogP contribution in [-0.2, 0) is 5.75 Å². The van der Waals surface area contributed by atoms with Crippen molar-refractivity contribution in [2.24, 2.45) is 0 Å². The van der Waals surface area contributed by atoms with Gasteiger partial charge in [0.05, 0.1) is 5.56 Å². The molecule has 0 amide bonds. The summed E-state index contributed by atoms with van der Waals surface area (Å²) in [6.07, 6.45) is 0. The van der Waals surface area contributed by atoms with E-state index in [4.69, 9.17) is 5.11 Å². The Kier molecular flexibility index (Phi) is 4.27. The fraction of sp³-hybridized carbons (Fsp3) is 0.188. The van der Waals surface area contributed by atoms with Gasteiger partial charge in [0.15, 0.2) is 0 Å². The van der Waals surface area contributed by atoms with Crippen LogP contribution < -0.4 is 0 Å². The standard InChI is InChI=1S/C16H16O2S/c1-11-3-4-12(2)14(9-11)10-19-15-7-5-13(6-8-15)16(17)18/h3-9H,10H2,1-2H3,(H,17,18). The Morgan fingerprint density at radius 2 is 1.79 bits per heavy atom. The number of aryl methyl sites for hydroxylation is 2. The number of hydrogen-bond acceptors (Lipinski definition) is 2. The highest BCUT2D eigenvalue weighted by atomic mass is 32.2. The molecule has 0 heterocycles. The first-order valence-electron chi connectivity index (χ1n) is 6.08. The topological polar surface area (TPSA) is 37.3 Å². The van der Waals surface area contributed by atoms with Gasteiger partial charge in [-0.05, 0) is 49.2 Å². The summed E-state index contributed by atoms with van der Waals surface area (Å²) in [7, 11) is 0. The number of carboxylic acids is 1. The number of carbonyl (C=O) groups is 1. The Morgan fingerprint density at radius 3 is 2.42 bits per heavy atom. The minimum atomic E-state index is -0.883. The fourth-order valence-electron chi connectivity index (χ4n) is 1.81. The van der Waals surface area contributed by atoms with Gasteiger partial charge in [-0.1, -0.05) is 23.8 Å². The Morgan fingerprint density at radius 1 is 1.11 bits per heavy atom. The largest absolute Gasteiger partial charge is 0.478 e. The van der Waals surface area contributed by atoms with Gasteiger partial charge in [0, 0.05) is 10.6 Å². The molecule has 2 aromatic rings. The lowest BCUT2D eigenvalue weighted by Gasteiger charge is -2.07. The summed E-state index contributed by atoms with van der Waals surface area (Å²) >= 11 is 1.72. The Bertz CT molecular complexity index is 588. The molecule has 2 aromatic carbocycles. The molecule has 0 aliphatic heterocycles. The lowest BCUT2D eigenvalue weighted by Crippen LogP contribution is -1.94. The second-order valence-corrected chi connectivity index (χ2v) is 5.60. The molecule has 0 spiro atoms. The van der Waals surface area contributed by atoms with Crippen LogP contribution in [-0.4, -0.2) is 11.1 Å². The molecule has 2 nitrogen and oxygen atoms in total. The number of hydrogen-bond donors (Lipinski definition) is 1. The maximum absolute atomic E-state index is 10.8. The van der Waals surface area contributed by atoms with Crippen LogP contribution in [0.4, 0.5) is 0 Å². The molecule has 0 saturated carbocycles. The Labute approximate surface area is 117 Å². The number of benzene rings is 2. The van der Waals surface area contributed by atoms with Crippen LogP contribution in [0.1, 0.15) is 27.0 Å². The van der Waals surface area contributed by atoms with Crippen LogP contribution in [0.15, 0.2) is 47.4 Å². The second-order valence-electron chi connectivity index (χ2n) is 4.55. The van der Waals surface area contributed by atoms with Gasteiger partial charge in [-0.15, -0.1) is 11.8 Å². The van der Waals surface area contributed by atoms with Crippen molar-refractivity contribution in [2.45, 2.75) is 24.5 Å². The zero-order chi connectivity index (χ0) is 13.8. The summed E-state index contributed by atoms with van der Waals surface area (Å²) in [6.45, 7) is 4.21. The normalized spacial score (nSPS) is 10.4. The van der Waals surface area contributed by atoms with E-state index in [1.54, 1.807) is 23.9 Å². The highest BCUT2D eigenvalue weighted by Gasteiger charge is 2.03. The third-order valence-electron chi connectivity index (χ3n) is 3.00. The molecule has 19 heavy (non-hydrogen) atoms. The molecular formula is C16H16O2S. The number of rotatable bonds is 4. The molecule has 0 atom stereocenters. The highest BCUT2D eigenvalue weighted by molar-refractivity contribution is 7.98. The Hall–Kier alpha value is -1.74. The van der Waals surface area contributed by atoms with Gasteiger partial charge >= 0.3 is 5.97 Å². The smallest absolute Gasteiger partial charge is 0.335 e. The number of thioether (sulfide) groups is 1. The SMILES string of the molecule is Cc1ccc(C)c(CSc2ccc(C(=O)O)cc2)c1. The van der Waals surface area contributed by atoms with Crippen LogP contribution in [0.25, 0.3) is 0 Å². The van der Waals surface area contributed by atoms with Gasteiger partial charge in [0.1, 0.15) is 0 Å². The van der Waals surface area contributed by atoms with Crippen LogP contribution >= 0.6 is 11.8 Å². The molecule has 1 N–H and O–H groups in total. The number of aromatic carboxylic acids is 1. The van der Waals surface area contributed by atoms with E-state index >= 15 is 0 Å². The van der Waals surface area contributed by atoms with Crippen molar-refractivity contribution in [2.75, 3.05) is 0 Å². The van der Waals surface area contributed by atoms with Gasteiger partial charge in [0.2, 0.25) is 0 Å². The molecular weight excluding hydrogens is 256 g/mol. The summed E-state index contributed by atoms with van der Waals surface area (Å²) in [6, 6.07) is 13.5. The van der Waals surface area contributed by atoms with Gasteiger partial charge in [-0.25, -0.2) is 4.79 Å². The maximum Gasteiger partial charge on any atom is 0.335 e. The van der Waals surface area contributed by atoms with Crippen LogP contribution in [0.2, 0.25) is 0 Å². The van der Waals surface area contributed by atoms with Crippen LogP contribution in [0.5, 0.6) is 0 Å². The molecule has 98 valence electrons. The van der Waals surface area contributed by atoms with Crippen LogP contribution in [0.3, 0.4) is 0 Å². The van der Waals surface area contributed by atoms with Crippen molar-refractivity contribution in [1.29, 1.82) is 0 Å². The average Bonchev–Trinajstić information content (AvgIpc) is 2.40. The van der Waals surface area contributed by atoms with E-state index < -0.39 is 5.97 Å². The summed E-state index contributed by atoms with van der Waals surface area (Å²) in [5, 5.41) is 8.84. The average molecular weight is 272 g/mol. The second kappa shape index (κ2) is 5.93. The zero-order valence-electron chi connectivity index (χ0n) is 11.0. The predicted octanol–water partition coefficient (Wildman–Crippen LogP) is 4.29. The minimum absolute atomic E-state index is 0.330. The fourth-order valence-corrected chi connectivity index (χ4v) is 2.77. The quantitative estimate of drug-likeness (QED) is 0.843. The third kappa shape index (κ3) is 3.61. The van der Waals surface area contributed by atoms with Gasteiger partial charge in [-0.2, -0.15) is 0 Å². The van der Waals surface area contributed by atoms with E-state index in [0.717, 1.165) is 10.6 Å². The molecule has 2 rings (SSSR count). The van der Waals surface area contributed by atoms with Crippen molar-refractivity contribution in [1.82, 2.24) is 0 Å². The molecule has 0 fully saturated rings. The third-order valence-corrected chi connectivity index (χ3v) is 4.06. The number of carboxylic acid groups (broad SMARTS) is 1. The summed E-state index contributed by atoms with van der Waals surface area (Å²) in [5.74, 6) is 0.0194. The molecule has 0 unspecified atom stereocenters. The first kappa shape index (κ1) is 13.7. The van der Waals surface area contributed by atoms with E-state index in [1.807, 2.05) is 12.1 Å². The van der Waals surface area contributed by atoms with E-state index in [0.29, 0.717) is 5.56 Å². The molecule has 0 saturated heterocycles. The lowest BCUT2D eigenvalue weighted by molar-refractivity contribution is 0.0697. The maximum atomic E-state index is 10.8. The van der Waals surface area contributed by atoms with E-state index in [9.17, 15) is 4.79 Å². The monoisotopic (exact) mass is 272 g/mol. The van der Waals surface area contributed by atoms with Crippen molar-refractivity contribution >= 4 is 17.7 Å². The first-order valence-corrected chi connectivity index (χ1v) is 7.07. The summed E-state index contributed by atoms with van der Waals surface area (Å²) in [4.78, 5) is 11.9. The van der Waals surface area contributed by atoms with Crippen molar-refractivity contribution < 1.29 is 9.90 Å². The van der Waals surface area contributed by atoms with Crippen LogP contribution in [0, 0.1) is 13.8 Å².